The predicted octanol–water partition coefficient (Wildman–Crippen LogP) is 2.61. The van der Waals surface area contributed by atoms with E-state index in [1.54, 1.807) is 12.3 Å². The third kappa shape index (κ3) is 3.36. The van der Waals surface area contributed by atoms with Crippen LogP contribution in [0.2, 0.25) is 0 Å². The zero-order valence-corrected chi connectivity index (χ0v) is 13.2. The lowest BCUT2D eigenvalue weighted by molar-refractivity contribution is -0.115. The summed E-state index contributed by atoms with van der Waals surface area (Å²) in [5.74, 6) is -0.346. The number of amides is 2. The number of hydrogen-bond donors (Lipinski definition) is 1. The summed E-state index contributed by atoms with van der Waals surface area (Å²) in [6.45, 7) is 2.44. The fourth-order valence-corrected chi connectivity index (χ4v) is 3.16. The number of azo groups is 1. The van der Waals surface area contributed by atoms with Crippen LogP contribution in [0.25, 0.3) is 0 Å². The van der Waals surface area contributed by atoms with Crippen LogP contribution in [-0.2, 0) is 11.2 Å². The quantitative estimate of drug-likeness (QED) is 0.927. The molecular weight excluding hydrogens is 292 g/mol. The lowest BCUT2D eigenvalue weighted by Gasteiger charge is -2.25. The third-order valence-corrected chi connectivity index (χ3v) is 4.28. The summed E-state index contributed by atoms with van der Waals surface area (Å²) in [6.07, 6.45) is 6.15. The van der Waals surface area contributed by atoms with E-state index in [1.165, 1.54) is 0 Å². The Labute approximate surface area is 135 Å². The van der Waals surface area contributed by atoms with E-state index in [2.05, 4.69) is 20.5 Å². The van der Waals surface area contributed by atoms with Crippen molar-refractivity contribution in [3.05, 3.63) is 40.7 Å². The maximum absolute atomic E-state index is 11.9. The summed E-state index contributed by atoms with van der Waals surface area (Å²) >= 11 is 0. The maximum Gasteiger partial charge on any atom is 0.291 e. The Morgan fingerprint density at radius 3 is 3.00 bits per heavy atom. The molecule has 0 aromatic carbocycles. The summed E-state index contributed by atoms with van der Waals surface area (Å²) in [5, 5.41) is 10.8. The summed E-state index contributed by atoms with van der Waals surface area (Å²) in [5.41, 5.74) is 3.38. The second-order valence-corrected chi connectivity index (χ2v) is 5.86. The first-order valence-corrected chi connectivity index (χ1v) is 8.09. The minimum atomic E-state index is -0.174. The molecular formula is C17H20N4O2. The lowest BCUT2D eigenvalue weighted by Crippen LogP contribution is -2.25. The molecule has 0 fully saturated rings. The Morgan fingerprint density at radius 1 is 1.35 bits per heavy atom. The van der Waals surface area contributed by atoms with Crippen molar-refractivity contribution in [2.75, 3.05) is 6.54 Å². The fourth-order valence-electron chi connectivity index (χ4n) is 3.16. The molecule has 2 heterocycles. The first-order valence-electron chi connectivity index (χ1n) is 8.09. The van der Waals surface area contributed by atoms with Gasteiger partial charge in [-0.25, -0.2) is 0 Å². The number of aromatic nitrogens is 1. The van der Waals surface area contributed by atoms with Crippen LogP contribution in [0.15, 0.2) is 39.7 Å². The van der Waals surface area contributed by atoms with Gasteiger partial charge in [0.2, 0.25) is 0 Å². The molecule has 120 valence electrons. The van der Waals surface area contributed by atoms with E-state index in [1.807, 2.05) is 13.0 Å². The largest absolute Gasteiger partial charge is 0.351 e. The van der Waals surface area contributed by atoms with Crippen LogP contribution in [0, 0.1) is 0 Å². The Balaban J connectivity index is 1.80. The molecule has 0 radical (unpaired) electrons. The summed E-state index contributed by atoms with van der Waals surface area (Å²) in [6, 6.07) is 3.59. The molecule has 1 aliphatic carbocycles. The van der Waals surface area contributed by atoms with Crippen molar-refractivity contribution in [2.24, 2.45) is 10.2 Å². The van der Waals surface area contributed by atoms with E-state index >= 15 is 0 Å². The van der Waals surface area contributed by atoms with Crippen molar-refractivity contribution >= 4 is 11.8 Å². The molecule has 6 heteroatoms. The molecule has 1 unspecified atom stereocenters. The lowest BCUT2D eigenvalue weighted by atomic mass is 9.84. The van der Waals surface area contributed by atoms with Gasteiger partial charge in [0.05, 0.1) is 6.04 Å². The molecule has 1 aromatic heterocycles. The smallest absolute Gasteiger partial charge is 0.291 e. The fraction of sp³-hybridized carbons (Fsp3) is 0.471. The van der Waals surface area contributed by atoms with Crippen molar-refractivity contribution in [2.45, 2.75) is 45.1 Å². The second-order valence-electron chi connectivity index (χ2n) is 5.86. The van der Waals surface area contributed by atoms with Gasteiger partial charge >= 0.3 is 0 Å². The van der Waals surface area contributed by atoms with Gasteiger partial charge < -0.3 is 5.32 Å². The van der Waals surface area contributed by atoms with E-state index in [-0.39, 0.29) is 17.9 Å². The van der Waals surface area contributed by atoms with Gasteiger partial charge in [-0.05, 0) is 55.9 Å². The van der Waals surface area contributed by atoms with Crippen molar-refractivity contribution in [1.82, 2.24) is 10.3 Å². The highest BCUT2D eigenvalue weighted by molar-refractivity contribution is 5.95. The van der Waals surface area contributed by atoms with Gasteiger partial charge in [0, 0.05) is 24.7 Å². The number of hydrogen-bond acceptors (Lipinski definition) is 4. The molecule has 6 nitrogen and oxygen atoms in total. The number of nitrogens with zero attached hydrogens (tertiary/aromatic N) is 3. The summed E-state index contributed by atoms with van der Waals surface area (Å²) in [4.78, 5) is 27.9. The van der Waals surface area contributed by atoms with Gasteiger partial charge in [0.1, 0.15) is 5.69 Å². The van der Waals surface area contributed by atoms with Crippen LogP contribution in [-0.4, -0.2) is 29.4 Å². The molecule has 2 aliphatic rings. The van der Waals surface area contributed by atoms with Crippen molar-refractivity contribution < 1.29 is 9.59 Å². The zero-order valence-electron chi connectivity index (χ0n) is 13.2. The minimum absolute atomic E-state index is 0.0903. The Bertz CT molecular complexity index is 694. The van der Waals surface area contributed by atoms with E-state index < -0.39 is 0 Å². The van der Waals surface area contributed by atoms with Crippen LogP contribution in [0.1, 0.15) is 48.7 Å². The van der Waals surface area contributed by atoms with Crippen molar-refractivity contribution in [3.63, 3.8) is 0 Å². The molecule has 0 saturated heterocycles. The van der Waals surface area contributed by atoms with Gasteiger partial charge in [-0.3, -0.25) is 14.6 Å². The molecule has 1 aliphatic heterocycles. The topological polar surface area (TPSA) is 83.8 Å². The molecule has 0 bridgehead atoms. The molecule has 2 amide bonds. The molecule has 1 atom stereocenters. The highest BCUT2D eigenvalue weighted by atomic mass is 16.2. The van der Waals surface area contributed by atoms with Gasteiger partial charge in [-0.1, -0.05) is 0 Å². The van der Waals surface area contributed by atoms with E-state index in [4.69, 9.17) is 0 Å². The standard InChI is InChI=1S/C17H20N4O2/c1-2-18-17(23)15-10-11(7-8-19-15)9-14-12-5-3-4-6-13(12)16(22)21-20-14/h7-8,10,14H,2-6,9H2,1H3,(H,18,23). The predicted molar refractivity (Wildman–Crippen MR) is 85.1 cm³/mol. The highest BCUT2D eigenvalue weighted by Crippen LogP contribution is 2.33. The van der Waals surface area contributed by atoms with Crippen LogP contribution in [0.3, 0.4) is 0 Å². The van der Waals surface area contributed by atoms with E-state index in [9.17, 15) is 9.59 Å². The number of carbonyl (C=O) groups excluding carboxylic acids is 2. The first kappa shape index (κ1) is 15.5. The molecule has 3 rings (SSSR count). The van der Waals surface area contributed by atoms with Gasteiger partial charge in [-0.2, -0.15) is 5.11 Å². The van der Waals surface area contributed by atoms with Gasteiger partial charge in [0.15, 0.2) is 0 Å². The Hall–Kier alpha value is -2.37. The molecule has 0 spiro atoms. The maximum atomic E-state index is 11.9. The van der Waals surface area contributed by atoms with Crippen LogP contribution in [0.5, 0.6) is 0 Å². The third-order valence-electron chi connectivity index (χ3n) is 4.28. The average Bonchev–Trinajstić information content (AvgIpc) is 2.58. The zero-order chi connectivity index (χ0) is 16.2. The van der Waals surface area contributed by atoms with E-state index in [0.717, 1.165) is 42.4 Å². The van der Waals surface area contributed by atoms with Crippen molar-refractivity contribution in [1.29, 1.82) is 0 Å². The summed E-state index contributed by atoms with van der Waals surface area (Å²) in [7, 11) is 0. The first-order chi connectivity index (χ1) is 11.2. The van der Waals surface area contributed by atoms with Crippen LogP contribution < -0.4 is 5.32 Å². The Kier molecular flexibility index (Phi) is 4.60. The number of rotatable bonds is 4. The number of pyridine rings is 1. The normalized spacial score (nSPS) is 20.4. The monoisotopic (exact) mass is 312 g/mol. The molecule has 1 N–H and O–H groups in total. The second kappa shape index (κ2) is 6.81. The van der Waals surface area contributed by atoms with E-state index in [0.29, 0.717) is 18.7 Å². The van der Waals surface area contributed by atoms with Gasteiger partial charge in [0.25, 0.3) is 11.8 Å². The molecule has 23 heavy (non-hydrogen) atoms. The number of carbonyl (C=O) groups is 2. The Morgan fingerprint density at radius 2 is 2.17 bits per heavy atom. The highest BCUT2D eigenvalue weighted by Gasteiger charge is 2.29. The van der Waals surface area contributed by atoms with Crippen LogP contribution in [0.4, 0.5) is 0 Å². The van der Waals surface area contributed by atoms with Crippen LogP contribution >= 0.6 is 0 Å². The average molecular weight is 312 g/mol. The summed E-state index contributed by atoms with van der Waals surface area (Å²) < 4.78 is 0. The SMILES string of the molecule is CCNC(=O)c1cc(CC2N=NC(=O)C3=C2CCCC3)ccn1. The number of nitrogens with one attached hydrogen (secondary N) is 1. The van der Waals surface area contributed by atoms with Crippen molar-refractivity contribution in [3.8, 4) is 0 Å². The molecule has 1 aromatic rings. The molecule has 0 saturated carbocycles. The minimum Gasteiger partial charge on any atom is -0.351 e. The van der Waals surface area contributed by atoms with Gasteiger partial charge in [-0.15, -0.1) is 5.11 Å².